The van der Waals surface area contributed by atoms with Gasteiger partial charge in [-0.25, -0.2) is 0 Å². The first kappa shape index (κ1) is 85.2. The molecule has 0 bridgehead atoms. The average molecular weight is 1830 g/mol. The third kappa shape index (κ3) is 14.2. The van der Waals surface area contributed by atoms with E-state index >= 15 is 0 Å². The van der Waals surface area contributed by atoms with E-state index in [1.807, 2.05) is 50.3 Å². The Labute approximate surface area is 841 Å². The highest BCUT2D eigenvalue weighted by Crippen LogP contribution is 2.53. The number of aromatic nitrogens is 4. The number of aryl methyl sites for hydroxylation is 4. The van der Waals surface area contributed by atoms with Crippen LogP contribution in [0.4, 0.5) is 45.5 Å². The molecule has 0 aliphatic carbocycles. The predicted molar refractivity (Wildman–Crippen MR) is 606 cm³/mol. The Morgan fingerprint density at radius 1 is 0.160 bits per heavy atom. The van der Waals surface area contributed by atoms with Crippen LogP contribution < -0.4 is 62.9 Å². The molecule has 8 aliphatic heterocycles. The van der Waals surface area contributed by atoms with E-state index in [4.69, 9.17) is 0 Å². The molecule has 0 amide bonds. The van der Waals surface area contributed by atoms with Crippen molar-refractivity contribution in [2.75, 3.05) is 19.2 Å². The van der Waals surface area contributed by atoms with Crippen LogP contribution in [0.1, 0.15) is 22.4 Å². The summed E-state index contributed by atoms with van der Waals surface area (Å²) in [7, 11) is 0. The van der Waals surface area contributed by atoms with Crippen molar-refractivity contribution in [3.63, 3.8) is 0 Å². The Bertz CT molecular complexity index is 8710. The molecular weight excluding hydrogens is 1740 g/mol. The van der Waals surface area contributed by atoms with Gasteiger partial charge in [-0.1, -0.05) is 352 Å². The van der Waals surface area contributed by atoms with Gasteiger partial charge in [-0.15, -0.1) is 0 Å². The number of nitrogens with zero attached hydrogens (tertiary/aromatic N) is 8. The number of pyridine rings is 4. The maximum Gasteiger partial charge on any atom is 0.329 e. The fraction of sp³-hybridized carbons (Fsp3) is 0.0303. The van der Waals surface area contributed by atoms with Crippen molar-refractivity contribution in [1.82, 2.24) is 19.9 Å². The molecule has 4 aromatic heterocycles. The Balaban J connectivity index is 0.0000000965. The van der Waals surface area contributed by atoms with Gasteiger partial charge in [-0.3, -0.25) is 19.9 Å². The molecule has 0 saturated heterocycles. The molecule has 30 rings (SSSR count). The van der Waals surface area contributed by atoms with Gasteiger partial charge in [0, 0.05) is 156 Å². The van der Waals surface area contributed by atoms with E-state index in [1.54, 1.807) is 0 Å². The van der Waals surface area contributed by atoms with Crippen LogP contribution in [0, 0.1) is 27.7 Å². The van der Waals surface area contributed by atoms with E-state index in [1.165, 1.54) is 245 Å². The molecule has 0 unspecified atom stereocenters. The molecule has 18 aromatic carbocycles. The maximum absolute atomic E-state index is 4.52. The molecule has 8 aliphatic rings. The first-order chi connectivity index (χ1) is 71.1. The maximum atomic E-state index is 4.52. The summed E-state index contributed by atoms with van der Waals surface area (Å²) in [5.74, 6) is 0. The van der Waals surface area contributed by atoms with Crippen molar-refractivity contribution in [3.05, 3.63) is 509 Å². The molecule has 0 saturated carbocycles. The van der Waals surface area contributed by atoms with Gasteiger partial charge in [0.1, 0.15) is 0 Å². The van der Waals surface area contributed by atoms with Crippen molar-refractivity contribution in [3.8, 4) is 156 Å². The normalized spacial score (nSPS) is 12.8. The minimum absolute atomic E-state index is 0.0408. The summed E-state index contributed by atoms with van der Waals surface area (Å²) >= 11 is 0. The van der Waals surface area contributed by atoms with Crippen molar-refractivity contribution in [2.45, 2.75) is 27.7 Å². The van der Waals surface area contributed by atoms with Gasteiger partial charge in [0.2, 0.25) is 0 Å². The van der Waals surface area contributed by atoms with Gasteiger partial charge in [-0.05, 0) is 274 Å². The lowest BCUT2D eigenvalue weighted by Crippen LogP contribution is -2.59. The zero-order valence-electron chi connectivity index (χ0n) is 80.1. The number of hydrogen-bond donors (Lipinski definition) is 0. The van der Waals surface area contributed by atoms with Crippen LogP contribution in [-0.4, -0.2) is 47.3 Å². The van der Waals surface area contributed by atoms with E-state index in [2.05, 4.69) is 503 Å². The molecule has 12 heteroatoms. The molecule has 0 radical (unpaired) electrons. The first-order valence-electron chi connectivity index (χ1n) is 49.9. The van der Waals surface area contributed by atoms with Gasteiger partial charge in [0.25, 0.3) is 0 Å². The predicted octanol–water partition coefficient (Wildman–Crippen LogP) is 27.2. The fourth-order valence-corrected chi connectivity index (χ4v) is 24.1. The second-order valence-corrected chi connectivity index (χ2v) is 38.8. The number of para-hydroxylation sites is 6. The summed E-state index contributed by atoms with van der Waals surface area (Å²) in [4.78, 5) is 28.0. The van der Waals surface area contributed by atoms with Crippen molar-refractivity contribution >= 4 is 117 Å². The molecule has 672 valence electrons. The Kier molecular flexibility index (Phi) is 20.8. The van der Waals surface area contributed by atoms with E-state index in [9.17, 15) is 0 Å². The highest BCUT2D eigenvalue weighted by Gasteiger charge is 2.48. The lowest BCUT2D eigenvalue weighted by atomic mass is 9.43. The molecular formula is C132H92B4N8. The van der Waals surface area contributed by atoms with E-state index in [0.29, 0.717) is 0 Å². The second kappa shape index (κ2) is 35.1. The molecule has 12 heterocycles. The summed E-state index contributed by atoms with van der Waals surface area (Å²) in [5.41, 5.74) is 60.6. The summed E-state index contributed by atoms with van der Waals surface area (Å²) in [6, 6.07) is 162. The molecule has 0 fully saturated rings. The minimum atomic E-state index is 0.0408. The van der Waals surface area contributed by atoms with Gasteiger partial charge < -0.3 is 19.2 Å². The van der Waals surface area contributed by atoms with E-state index in [0.717, 1.165) is 22.4 Å². The van der Waals surface area contributed by atoms with E-state index in [-0.39, 0.29) is 27.4 Å². The minimum Gasteiger partial charge on any atom is -0.376 e. The first-order valence-corrected chi connectivity index (χ1v) is 49.9. The Morgan fingerprint density at radius 3 is 0.778 bits per heavy atom. The lowest BCUT2D eigenvalue weighted by molar-refractivity contribution is 1.20. The molecule has 0 atom stereocenters. The van der Waals surface area contributed by atoms with Gasteiger partial charge in [0.15, 0.2) is 0 Å². The van der Waals surface area contributed by atoms with E-state index < -0.39 is 0 Å². The van der Waals surface area contributed by atoms with Crippen LogP contribution >= 0.6 is 0 Å². The van der Waals surface area contributed by atoms with Crippen LogP contribution in [0.2, 0.25) is 0 Å². The Hall–Kier alpha value is -18.0. The number of benzene rings is 18. The number of hydrogen-bond acceptors (Lipinski definition) is 8. The summed E-state index contributed by atoms with van der Waals surface area (Å²) in [6.45, 7) is 8.83. The average Bonchev–Trinajstić information content (AvgIpc) is 0.716. The summed E-state index contributed by atoms with van der Waals surface area (Å²) in [6.07, 6.45) is 13.5. The topological polar surface area (TPSA) is 64.5 Å². The number of rotatable bonds is 6. The lowest BCUT2D eigenvalue weighted by Gasteiger charge is -2.43. The van der Waals surface area contributed by atoms with Gasteiger partial charge in [0.05, 0.1) is 0 Å². The SMILES string of the molecule is Cc1cc(-c2ccc3c(c2)B2c4ccccc4-c4ccccc4N2c2ccccc2-3)ccn1.Cc1ccncc1-c1ccc2c(c1)B1c3ccccc3-c3ccccc3N1c1ccccc1-2.Cc1cncc(-c2ccc3c(c2)B2c4ccccc4-c4cc(-c5ccccc5)ccc4N2c2ccc(-c4ccccc4)cc2-3)c1.Cc1cncc(-c2ccc3c(c2)B2c4ccccc4-c4ccccc4N2c2ccccc2-3)c1. The monoisotopic (exact) mass is 1830 g/mol. The molecule has 0 N–H and O–H groups in total. The number of anilines is 8. The van der Waals surface area contributed by atoms with Crippen LogP contribution in [0.3, 0.4) is 0 Å². The Morgan fingerprint density at radius 2 is 0.431 bits per heavy atom. The summed E-state index contributed by atoms with van der Waals surface area (Å²) < 4.78 is 0. The smallest absolute Gasteiger partial charge is 0.329 e. The van der Waals surface area contributed by atoms with Crippen molar-refractivity contribution in [2.24, 2.45) is 0 Å². The van der Waals surface area contributed by atoms with Crippen LogP contribution in [-0.2, 0) is 0 Å². The van der Waals surface area contributed by atoms with Crippen LogP contribution in [0.25, 0.3) is 156 Å². The molecule has 144 heavy (non-hydrogen) atoms. The highest BCUT2D eigenvalue weighted by atomic mass is 15.1. The fourth-order valence-electron chi connectivity index (χ4n) is 24.1. The standard InChI is InChI=1S/C42H29BN2.3C30H21BN2/c1-28-22-34(27-44-26-28)33-16-19-36-38-24-32(30-12-6-3-7-13-30)18-21-42(38)45-41-20-17-31(29-10-4-2-5-11-29)23-37(41)35-14-8-9-15-39(35)43(45)40(36)25-33;1-20-16-22(19-32-18-20)21-14-15-24-26-10-4-7-13-30(26)33-29-12-6-3-9-25(29)23-8-2-5-11-27(23)31(33)28(24)17-21;1-20-18-22(16-17-32-20)21-14-15-24-26-10-4-7-13-30(26)33-29-12-6-3-9-25(29)23-8-2-5-11-27(23)31(33)28(24)19-21;1-20-16-17-32-19-26(20)21-14-15-23-25-10-4-7-13-30(25)33-29-12-6-3-9-24(29)22-8-2-5-11-27(22)31(33)28(23)18-21/h2-27H,1H3;3*2-19H,1H3. The number of fused-ring (bicyclic) bond motifs is 44. The zero-order chi connectivity index (χ0) is 95.7. The van der Waals surface area contributed by atoms with Crippen LogP contribution in [0.5, 0.6) is 0 Å². The molecule has 22 aromatic rings. The molecule has 8 nitrogen and oxygen atoms in total. The molecule has 0 spiro atoms. The quantitative estimate of drug-likeness (QED) is 0.153. The van der Waals surface area contributed by atoms with Crippen LogP contribution in [0.15, 0.2) is 486 Å². The zero-order valence-corrected chi connectivity index (χ0v) is 80.1. The second-order valence-electron chi connectivity index (χ2n) is 38.8. The summed E-state index contributed by atoms with van der Waals surface area (Å²) in [5, 5.41) is 0. The largest absolute Gasteiger partial charge is 0.376 e. The van der Waals surface area contributed by atoms with Crippen molar-refractivity contribution < 1.29 is 0 Å². The van der Waals surface area contributed by atoms with Crippen molar-refractivity contribution in [1.29, 1.82) is 0 Å². The van der Waals surface area contributed by atoms with Gasteiger partial charge in [-0.2, -0.15) is 0 Å². The third-order valence-corrected chi connectivity index (χ3v) is 30.5. The van der Waals surface area contributed by atoms with Gasteiger partial charge >= 0.3 is 27.4 Å². The third-order valence-electron chi connectivity index (χ3n) is 30.5. The highest BCUT2D eigenvalue weighted by molar-refractivity contribution is 6.95.